The van der Waals surface area contributed by atoms with Crippen molar-refractivity contribution < 1.29 is 14.6 Å². The number of aliphatic hydroxyl groups excluding tert-OH is 1. The van der Waals surface area contributed by atoms with Gasteiger partial charge in [0.15, 0.2) is 0 Å². The predicted molar refractivity (Wildman–Crippen MR) is 71.1 cm³/mol. The van der Waals surface area contributed by atoms with Crippen molar-refractivity contribution in [3.8, 4) is 0 Å². The third kappa shape index (κ3) is 3.36. The van der Waals surface area contributed by atoms with E-state index in [4.69, 9.17) is 27.9 Å². The maximum Gasteiger partial charge on any atom is 0.323 e. The van der Waals surface area contributed by atoms with E-state index in [-0.39, 0.29) is 5.97 Å². The summed E-state index contributed by atoms with van der Waals surface area (Å²) in [6.07, 6.45) is 1.32. The van der Waals surface area contributed by atoms with Crippen LogP contribution in [0.4, 0.5) is 0 Å². The van der Waals surface area contributed by atoms with Gasteiger partial charge in [-0.25, -0.2) is 0 Å². The number of pyridine rings is 1. The molecule has 1 N–H and O–H groups in total. The van der Waals surface area contributed by atoms with Crippen LogP contribution in [-0.4, -0.2) is 46.8 Å². The van der Waals surface area contributed by atoms with Gasteiger partial charge >= 0.3 is 5.97 Å². The minimum absolute atomic E-state index is 0.359. The van der Waals surface area contributed by atoms with Crippen LogP contribution in [0.1, 0.15) is 12.1 Å². The van der Waals surface area contributed by atoms with Gasteiger partial charge in [0.25, 0.3) is 0 Å². The van der Waals surface area contributed by atoms with E-state index in [0.717, 1.165) is 0 Å². The van der Waals surface area contributed by atoms with E-state index >= 15 is 0 Å². The average Bonchev–Trinajstić information content (AvgIpc) is 2.73. The first-order chi connectivity index (χ1) is 9.01. The van der Waals surface area contributed by atoms with Crippen LogP contribution in [-0.2, 0) is 16.1 Å². The van der Waals surface area contributed by atoms with Crippen LogP contribution < -0.4 is 0 Å². The summed E-state index contributed by atoms with van der Waals surface area (Å²) >= 11 is 11.8. The molecule has 1 aromatic heterocycles. The fourth-order valence-electron chi connectivity index (χ4n) is 2.19. The number of carbonyl (C=O) groups is 1. The van der Waals surface area contributed by atoms with E-state index in [0.29, 0.717) is 35.2 Å². The summed E-state index contributed by atoms with van der Waals surface area (Å²) in [6.45, 7) is 0.757. The van der Waals surface area contributed by atoms with Crippen molar-refractivity contribution >= 4 is 29.2 Å². The van der Waals surface area contributed by atoms with Crippen LogP contribution in [0.5, 0.6) is 0 Å². The molecule has 0 saturated carbocycles. The molecule has 0 spiro atoms. The highest BCUT2D eigenvalue weighted by Gasteiger charge is 2.37. The van der Waals surface area contributed by atoms with E-state index in [1.165, 1.54) is 13.3 Å². The van der Waals surface area contributed by atoms with Gasteiger partial charge in [0, 0.05) is 25.7 Å². The fourth-order valence-corrected chi connectivity index (χ4v) is 2.63. The van der Waals surface area contributed by atoms with Gasteiger partial charge in [-0.1, -0.05) is 23.2 Å². The number of likely N-dealkylation sites (tertiary alicyclic amines) is 1. The Morgan fingerprint density at radius 2 is 2.37 bits per heavy atom. The van der Waals surface area contributed by atoms with Crippen LogP contribution in [0.3, 0.4) is 0 Å². The molecule has 2 heterocycles. The lowest BCUT2D eigenvalue weighted by Gasteiger charge is -2.21. The van der Waals surface area contributed by atoms with Crippen molar-refractivity contribution in [2.45, 2.75) is 25.1 Å². The van der Waals surface area contributed by atoms with Gasteiger partial charge in [0.1, 0.15) is 6.04 Å². The predicted octanol–water partition coefficient (Wildman–Crippen LogP) is 1.50. The van der Waals surface area contributed by atoms with Gasteiger partial charge in [0.05, 0.1) is 29.0 Å². The second-order valence-electron chi connectivity index (χ2n) is 4.44. The summed E-state index contributed by atoms with van der Waals surface area (Å²) in [5, 5.41) is 10.6. The maximum absolute atomic E-state index is 11.6. The molecular weight excluding hydrogens is 291 g/mol. The number of aromatic nitrogens is 1. The normalized spacial score (nSPS) is 23.6. The Bertz CT molecular complexity index is 484. The van der Waals surface area contributed by atoms with Crippen LogP contribution in [0.25, 0.3) is 0 Å². The summed E-state index contributed by atoms with van der Waals surface area (Å²) in [4.78, 5) is 17.6. The number of β-amino-alcohol motifs (C(OH)–C–C–N with tert-alkyl or cyclic N) is 1. The summed E-state index contributed by atoms with van der Waals surface area (Å²) < 4.78 is 4.73. The second-order valence-corrected chi connectivity index (χ2v) is 5.28. The smallest absolute Gasteiger partial charge is 0.323 e. The minimum atomic E-state index is -0.546. The highest BCUT2D eigenvalue weighted by atomic mass is 35.5. The molecule has 0 amide bonds. The number of nitrogens with zero attached hydrogens (tertiary/aromatic N) is 2. The molecule has 1 aliphatic rings. The van der Waals surface area contributed by atoms with Crippen molar-refractivity contribution in [1.82, 2.24) is 9.88 Å². The lowest BCUT2D eigenvalue weighted by molar-refractivity contribution is -0.146. The number of halogens is 2. The van der Waals surface area contributed by atoms with E-state index in [2.05, 4.69) is 4.98 Å². The molecule has 1 saturated heterocycles. The zero-order chi connectivity index (χ0) is 14.0. The number of methoxy groups -OCH3 is 1. The van der Waals surface area contributed by atoms with Gasteiger partial charge in [0.2, 0.25) is 0 Å². The molecule has 2 atom stereocenters. The largest absolute Gasteiger partial charge is 0.468 e. The zero-order valence-corrected chi connectivity index (χ0v) is 11.9. The van der Waals surface area contributed by atoms with Crippen LogP contribution in [0.2, 0.25) is 10.0 Å². The standard InChI is InChI=1S/C12H14Cl2N2O3/c1-19-12(18)11-3-8(17)5-16(11)6-10-9(14)2-7(13)4-15-10/h2,4,8,11,17H,3,5-6H2,1H3/t8-,11-/m1/s1. The molecule has 104 valence electrons. The molecule has 1 aromatic rings. The number of aliphatic hydroxyl groups is 1. The van der Waals surface area contributed by atoms with Gasteiger partial charge in [-0.3, -0.25) is 14.7 Å². The summed E-state index contributed by atoms with van der Waals surface area (Å²) in [5.41, 5.74) is 0.620. The number of ether oxygens (including phenoxy) is 1. The Labute approximate surface area is 121 Å². The molecule has 5 nitrogen and oxygen atoms in total. The molecule has 0 aliphatic carbocycles. The zero-order valence-electron chi connectivity index (χ0n) is 10.3. The molecular formula is C12H14Cl2N2O3. The van der Waals surface area contributed by atoms with Gasteiger partial charge in [-0.05, 0) is 6.07 Å². The molecule has 0 radical (unpaired) electrons. The number of esters is 1. The van der Waals surface area contributed by atoms with E-state index < -0.39 is 12.1 Å². The average molecular weight is 305 g/mol. The molecule has 0 aromatic carbocycles. The fraction of sp³-hybridized carbons (Fsp3) is 0.500. The third-order valence-electron chi connectivity index (χ3n) is 3.09. The molecule has 0 unspecified atom stereocenters. The number of carbonyl (C=O) groups excluding carboxylic acids is 1. The van der Waals surface area contributed by atoms with Crippen LogP contribution in [0, 0.1) is 0 Å². The monoisotopic (exact) mass is 304 g/mol. The number of hydrogen-bond donors (Lipinski definition) is 1. The highest BCUT2D eigenvalue weighted by Crippen LogP contribution is 2.25. The van der Waals surface area contributed by atoms with Crippen LogP contribution >= 0.6 is 23.2 Å². The maximum atomic E-state index is 11.6. The summed E-state index contributed by atoms with van der Waals surface area (Å²) in [6, 6.07) is 1.14. The van der Waals surface area contributed by atoms with Crippen molar-refractivity contribution in [1.29, 1.82) is 0 Å². The first kappa shape index (κ1) is 14.5. The lowest BCUT2D eigenvalue weighted by Crippen LogP contribution is -2.36. The van der Waals surface area contributed by atoms with Crippen LogP contribution in [0.15, 0.2) is 12.3 Å². The van der Waals surface area contributed by atoms with Crippen molar-refractivity contribution in [2.75, 3.05) is 13.7 Å². The molecule has 2 rings (SSSR count). The first-order valence-electron chi connectivity index (χ1n) is 5.81. The Morgan fingerprint density at radius 3 is 3.00 bits per heavy atom. The van der Waals surface area contributed by atoms with Crippen molar-refractivity contribution in [3.63, 3.8) is 0 Å². The molecule has 19 heavy (non-hydrogen) atoms. The number of rotatable bonds is 3. The van der Waals surface area contributed by atoms with E-state index in [1.807, 2.05) is 0 Å². The Kier molecular flexibility index (Phi) is 4.62. The van der Waals surface area contributed by atoms with Gasteiger partial charge in [-0.15, -0.1) is 0 Å². The first-order valence-corrected chi connectivity index (χ1v) is 6.56. The van der Waals surface area contributed by atoms with Crippen molar-refractivity contribution in [3.05, 3.63) is 28.0 Å². The molecule has 1 fully saturated rings. The Morgan fingerprint density at radius 1 is 1.63 bits per heavy atom. The third-order valence-corrected chi connectivity index (χ3v) is 3.63. The lowest BCUT2D eigenvalue weighted by atomic mass is 10.2. The SMILES string of the molecule is COC(=O)[C@H]1C[C@@H](O)CN1Cc1ncc(Cl)cc1Cl. The van der Waals surface area contributed by atoms with Gasteiger partial charge < -0.3 is 9.84 Å². The second kappa shape index (κ2) is 6.05. The number of hydrogen-bond acceptors (Lipinski definition) is 5. The summed E-state index contributed by atoms with van der Waals surface area (Å²) in [5.74, 6) is -0.360. The van der Waals surface area contributed by atoms with Crippen molar-refractivity contribution in [2.24, 2.45) is 0 Å². The highest BCUT2D eigenvalue weighted by molar-refractivity contribution is 6.34. The van der Waals surface area contributed by atoms with E-state index in [9.17, 15) is 9.90 Å². The minimum Gasteiger partial charge on any atom is -0.468 e. The molecule has 1 aliphatic heterocycles. The quantitative estimate of drug-likeness (QED) is 0.857. The molecule has 7 heteroatoms. The topological polar surface area (TPSA) is 62.7 Å². The Balaban J connectivity index is 2.14. The van der Waals surface area contributed by atoms with E-state index in [1.54, 1.807) is 11.0 Å². The molecule has 0 bridgehead atoms. The Hall–Kier alpha value is -0.880. The summed E-state index contributed by atoms with van der Waals surface area (Å²) in [7, 11) is 1.33. The van der Waals surface area contributed by atoms with Gasteiger partial charge in [-0.2, -0.15) is 0 Å².